The van der Waals surface area contributed by atoms with Crippen molar-refractivity contribution in [1.29, 1.82) is 0 Å². The van der Waals surface area contributed by atoms with Gasteiger partial charge in [0.05, 0.1) is 61.2 Å². The van der Waals surface area contributed by atoms with Crippen LogP contribution in [0.3, 0.4) is 0 Å². The predicted molar refractivity (Wildman–Crippen MR) is 432 cm³/mol. The lowest BCUT2D eigenvalue weighted by Gasteiger charge is -2.25. The largest absolute Gasteiger partial charge is 0.400 e. The number of aliphatic hydroxyl groups excluding tert-OH is 1. The van der Waals surface area contributed by atoms with Crippen molar-refractivity contribution in [3.63, 3.8) is 0 Å². The quantitative estimate of drug-likeness (QED) is 0.0740. The Morgan fingerprint density at radius 3 is 1.37 bits per heavy atom. The van der Waals surface area contributed by atoms with Gasteiger partial charge in [-0.1, -0.05) is 78.9 Å². The first kappa shape index (κ1) is 76.2. The first-order valence-corrected chi connectivity index (χ1v) is 42.1. The summed E-state index contributed by atoms with van der Waals surface area (Å²) in [5, 5.41) is 7.00. The molecule has 21 rings (SSSR count). The Hall–Kier alpha value is -12.8. The number of nitrogens with zero attached hydrogens (tertiary/aromatic N) is 13. The standard InChI is InChI=1S/C26H21N7O3S.C20H17N7O.C14H16N2O2S.C14H13NO3S.C8H9NO.CH4O/c34-26-29-20-15-27-25(31-16-28-19-9-4-5-10-23(19)31)30-24(20)33(26)22-12-6-11-21-18(22)13-14-32(21)37(35,36)17-7-2-1-3-8-17;28-20-24-15-10-22-19(26-11-23-14-4-1-2-6-17(14)26)25-18(15)27(20)16-7-3-5-13-12(16)8-9-21-13;15-13-7-4-8-14-12(13)9-10-16(14)19(17,18)11-5-2-1-3-6-11;16-14-8-4-7-13-12(14)9-10-15(13)19(17,18)11-5-2-1-3-6-11;10-8-3-1-2-7-6(8)4-5-9-7;1-2/h1-5,7-10,13-16,22H,6,11-12H2,(H,29,34);1-2,4,6,8-11,16,21H,3,5,7H2,(H,24,28);1-3,5-6,9-10,13H,4,7-8,15H2;1-3,5-6,9-10H,4,7-8H2;4-5,9H,1-3H2;2H,1H3. The molecule has 3 atom stereocenters. The van der Waals surface area contributed by atoms with Crippen molar-refractivity contribution >= 4 is 86.0 Å². The summed E-state index contributed by atoms with van der Waals surface area (Å²) in [5.41, 5.74) is 20.1. The van der Waals surface area contributed by atoms with Gasteiger partial charge < -0.3 is 30.8 Å². The van der Waals surface area contributed by atoms with Crippen molar-refractivity contribution in [1.82, 2.24) is 80.0 Å². The second-order valence-corrected chi connectivity index (χ2v) is 33.7. The zero-order valence-electron chi connectivity index (χ0n) is 62.3. The van der Waals surface area contributed by atoms with Gasteiger partial charge in [-0.25, -0.2) is 66.7 Å². The SMILES string of the molecule is CO.NC1CCCc2c1ccn2S(=O)(=O)c1ccccc1.O=C1CCCc2[nH]ccc21.O=C1CCCc2c1ccn2S(=O)(=O)c1ccccc1.O=c1[nH]c2cnc(-n3cnc4ccccc43)nc2n1C1CCCc2[nH]ccc21.O=c1[nH]c2cnc(-n3cnc4ccccc43)nc2n1C1CCCc2c1ccn2S(=O)(=O)c1ccccc1. The van der Waals surface area contributed by atoms with E-state index in [1.165, 1.54) is 29.4 Å². The van der Waals surface area contributed by atoms with E-state index < -0.39 is 30.1 Å². The molecule has 32 heteroatoms. The number of carbonyl (C=O) groups excluding carboxylic acids is 2. The maximum atomic E-state index is 13.4. The van der Waals surface area contributed by atoms with Crippen LogP contribution in [0.1, 0.15) is 148 Å². The van der Waals surface area contributed by atoms with Crippen molar-refractivity contribution in [3.8, 4) is 11.9 Å². The van der Waals surface area contributed by atoms with Gasteiger partial charge >= 0.3 is 11.4 Å². The first-order valence-electron chi connectivity index (χ1n) is 37.8. The molecule has 29 nitrogen and oxygen atoms in total. The number of rotatable bonds is 10. The van der Waals surface area contributed by atoms with Crippen LogP contribution in [0.4, 0.5) is 0 Å². The molecule has 5 aromatic carbocycles. The van der Waals surface area contributed by atoms with E-state index in [2.05, 4.69) is 45.9 Å². The zero-order chi connectivity index (χ0) is 79.7. The third kappa shape index (κ3) is 14.5. The number of benzene rings is 5. The van der Waals surface area contributed by atoms with E-state index >= 15 is 0 Å². The number of hydrogen-bond donors (Lipinski definition) is 6. The Bertz CT molecular complexity index is 6780. The summed E-state index contributed by atoms with van der Waals surface area (Å²) in [6, 6.07) is 49.4. The molecule has 11 heterocycles. The van der Waals surface area contributed by atoms with Crippen molar-refractivity contribution in [3.05, 3.63) is 303 Å². The molecular weight excluding hydrogens is 1520 g/mol. The van der Waals surface area contributed by atoms with Crippen LogP contribution < -0.4 is 17.1 Å². The van der Waals surface area contributed by atoms with E-state index in [0.29, 0.717) is 94.0 Å². The summed E-state index contributed by atoms with van der Waals surface area (Å²) in [4.78, 5) is 89.0. The van der Waals surface area contributed by atoms with Crippen molar-refractivity contribution in [2.45, 2.75) is 129 Å². The van der Waals surface area contributed by atoms with Crippen LogP contribution in [-0.2, 0) is 62.2 Å². The van der Waals surface area contributed by atoms with Gasteiger partial charge in [0.1, 0.15) is 23.7 Å². The molecule has 0 amide bonds. The van der Waals surface area contributed by atoms with E-state index in [9.17, 15) is 44.4 Å². The lowest BCUT2D eigenvalue weighted by atomic mass is 9.93. The number of para-hydroxylation sites is 4. The van der Waals surface area contributed by atoms with Gasteiger partial charge in [-0.3, -0.25) is 27.9 Å². The number of ketones is 2. The molecule has 11 aromatic heterocycles. The third-order valence-corrected chi connectivity index (χ3v) is 26.7. The molecule has 5 aliphatic carbocycles. The number of H-pyrrole nitrogens is 4. The van der Waals surface area contributed by atoms with Gasteiger partial charge in [-0.15, -0.1) is 0 Å². The second kappa shape index (κ2) is 32.0. The molecule has 0 bridgehead atoms. The molecule has 115 heavy (non-hydrogen) atoms. The van der Waals surface area contributed by atoms with Crippen LogP contribution in [0.15, 0.2) is 250 Å². The number of aromatic amines is 4. The average molecular weight is 1600 g/mol. The third-order valence-electron chi connectivity index (χ3n) is 21.5. The highest BCUT2D eigenvalue weighted by atomic mass is 32.2. The maximum Gasteiger partial charge on any atom is 0.328 e. The number of nitrogens with two attached hydrogens (primary N) is 1. The van der Waals surface area contributed by atoms with E-state index in [1.54, 1.807) is 154 Å². The molecule has 5 aliphatic rings. The predicted octanol–water partition coefficient (Wildman–Crippen LogP) is 11.6. The van der Waals surface area contributed by atoms with Crippen LogP contribution in [0.5, 0.6) is 0 Å². The van der Waals surface area contributed by atoms with Gasteiger partial charge in [0.25, 0.3) is 30.1 Å². The first-order chi connectivity index (χ1) is 55.9. The monoisotopic (exact) mass is 1600 g/mol. The molecular formula is C83H80N18O11S3. The highest BCUT2D eigenvalue weighted by Crippen LogP contribution is 2.38. The number of hydrogen-bond acceptors (Lipinski definition) is 18. The van der Waals surface area contributed by atoms with Crippen LogP contribution in [0, 0.1) is 0 Å². The summed E-state index contributed by atoms with van der Waals surface area (Å²) >= 11 is 0. The molecule has 3 unspecified atom stereocenters. The summed E-state index contributed by atoms with van der Waals surface area (Å²) in [7, 11) is -9.85. The van der Waals surface area contributed by atoms with Gasteiger partial charge in [-0.2, -0.15) is 9.97 Å². The summed E-state index contributed by atoms with van der Waals surface area (Å²) in [6.45, 7) is 0. The highest BCUT2D eigenvalue weighted by molar-refractivity contribution is 7.90. The molecule has 0 aliphatic heterocycles. The Morgan fingerprint density at radius 1 is 0.409 bits per heavy atom. The van der Waals surface area contributed by atoms with Crippen LogP contribution in [0.25, 0.3) is 56.3 Å². The van der Waals surface area contributed by atoms with E-state index in [4.69, 9.17) is 20.8 Å². The Morgan fingerprint density at radius 2 is 0.826 bits per heavy atom. The molecule has 586 valence electrons. The number of aromatic nitrogens is 17. The summed E-state index contributed by atoms with van der Waals surface area (Å²) in [6.07, 6.45) is 27.3. The van der Waals surface area contributed by atoms with Gasteiger partial charge in [-0.05, 0) is 191 Å². The highest BCUT2D eigenvalue weighted by Gasteiger charge is 2.34. The smallest absolute Gasteiger partial charge is 0.328 e. The molecule has 0 spiro atoms. The average Bonchev–Trinajstić information content (AvgIpc) is 1.59. The normalized spacial score (nSPS) is 16.4. The fourth-order valence-electron chi connectivity index (χ4n) is 16.0. The minimum Gasteiger partial charge on any atom is -0.400 e. The lowest BCUT2D eigenvalue weighted by molar-refractivity contribution is 0.0964. The maximum absolute atomic E-state index is 13.4. The fourth-order valence-corrected chi connectivity index (χ4v) is 20.3. The molecule has 0 saturated heterocycles. The van der Waals surface area contributed by atoms with Crippen LogP contribution in [-0.4, -0.2) is 129 Å². The molecule has 0 saturated carbocycles. The Kier molecular flexibility index (Phi) is 21.2. The van der Waals surface area contributed by atoms with E-state index in [0.717, 1.165) is 121 Å². The van der Waals surface area contributed by atoms with Crippen molar-refractivity contribution < 1.29 is 39.9 Å². The van der Waals surface area contributed by atoms with Gasteiger partial charge in [0.2, 0.25) is 11.9 Å². The van der Waals surface area contributed by atoms with Gasteiger partial charge in [0, 0.05) is 96.6 Å². The lowest BCUT2D eigenvalue weighted by Crippen LogP contribution is -2.27. The number of aliphatic hydroxyl groups is 1. The van der Waals surface area contributed by atoms with Crippen LogP contribution in [0.2, 0.25) is 0 Å². The fraction of sp³-hybridized carbons (Fsp3) is 0.229. The summed E-state index contributed by atoms with van der Waals surface area (Å²) in [5.74, 6) is 1.22. The number of aryl methyl sites for hydroxylation is 2. The zero-order valence-corrected chi connectivity index (χ0v) is 64.8. The summed E-state index contributed by atoms with van der Waals surface area (Å²) < 4.78 is 88.0. The van der Waals surface area contributed by atoms with Crippen molar-refractivity contribution in [2.75, 3.05) is 7.11 Å². The molecule has 16 aromatic rings. The minimum atomic E-state index is -3.75. The van der Waals surface area contributed by atoms with E-state index in [-0.39, 0.29) is 45.1 Å². The van der Waals surface area contributed by atoms with Gasteiger partial charge in [0.15, 0.2) is 22.9 Å². The molecule has 0 fully saturated rings. The van der Waals surface area contributed by atoms with Crippen LogP contribution >= 0.6 is 0 Å². The molecule has 7 N–H and O–H groups in total. The topological polar surface area (TPSA) is 392 Å². The minimum absolute atomic E-state index is 0.0291. The number of Topliss-reactive ketones (excluding diaryl/α,β-unsaturated/α-hetero) is 2. The number of imidazole rings is 4. The molecule has 0 radical (unpaired) electrons. The second-order valence-electron chi connectivity index (χ2n) is 28.2. The Labute approximate surface area is 659 Å². The van der Waals surface area contributed by atoms with E-state index in [1.807, 2.05) is 77.6 Å². The number of carbonyl (C=O) groups is 2. The number of nitrogens with one attached hydrogen (secondary N) is 4. The number of fused-ring (bicyclic) bond motifs is 9. The van der Waals surface area contributed by atoms with Crippen molar-refractivity contribution in [2.24, 2.45) is 5.73 Å². The Balaban J connectivity index is 0.000000113.